The molecule has 0 saturated carbocycles. The number of thiazole rings is 1. The number of benzene rings is 2. The highest BCUT2D eigenvalue weighted by molar-refractivity contribution is 8.00. The van der Waals surface area contributed by atoms with Gasteiger partial charge < -0.3 is 4.90 Å². The van der Waals surface area contributed by atoms with Crippen molar-refractivity contribution in [2.45, 2.75) is 48.9 Å². The van der Waals surface area contributed by atoms with Gasteiger partial charge in [0.25, 0.3) is 0 Å². The van der Waals surface area contributed by atoms with Crippen molar-refractivity contribution in [2.24, 2.45) is 5.92 Å². The average molecular weight is 552 g/mol. The molecule has 3 aromatic rings. The van der Waals surface area contributed by atoms with E-state index in [0.717, 1.165) is 36.2 Å². The first-order valence-electron chi connectivity index (χ1n) is 12.7. The number of nitrogens with zero attached hydrogens (tertiary/aromatic N) is 3. The molecule has 1 aromatic heterocycles. The van der Waals surface area contributed by atoms with Gasteiger partial charge in [-0.2, -0.15) is 0 Å². The second-order valence-corrected chi connectivity index (χ2v) is 12.1. The minimum absolute atomic E-state index is 0.102. The third-order valence-corrected chi connectivity index (χ3v) is 10.2. The molecule has 2 unspecified atom stereocenters. The van der Waals surface area contributed by atoms with Crippen LogP contribution >= 0.6 is 23.1 Å². The predicted octanol–water partition coefficient (Wildman–Crippen LogP) is 4.17. The van der Waals surface area contributed by atoms with Crippen LogP contribution in [0.15, 0.2) is 58.4 Å². The van der Waals surface area contributed by atoms with E-state index in [0.29, 0.717) is 34.2 Å². The molecule has 0 spiro atoms. The third kappa shape index (κ3) is 4.19. The normalized spacial score (nSPS) is 22.9. The number of carbonyl (C=O) groups is 3. The van der Waals surface area contributed by atoms with E-state index in [1.165, 1.54) is 33.4 Å². The number of hydrogen-bond donors (Lipinski definition) is 0. The van der Waals surface area contributed by atoms with Gasteiger partial charge in [-0.1, -0.05) is 52.9 Å². The number of piperidine rings is 1. The summed E-state index contributed by atoms with van der Waals surface area (Å²) < 4.78 is 15.3. The molecule has 2 fully saturated rings. The molecule has 7 nitrogen and oxygen atoms in total. The summed E-state index contributed by atoms with van der Waals surface area (Å²) >= 11 is 2.20. The van der Waals surface area contributed by atoms with Crippen molar-refractivity contribution in [3.8, 4) is 0 Å². The average Bonchev–Trinajstić information content (AvgIpc) is 3.36. The van der Waals surface area contributed by atoms with Crippen molar-refractivity contribution >= 4 is 46.5 Å². The van der Waals surface area contributed by atoms with Crippen LogP contribution in [-0.2, 0) is 20.9 Å². The molecule has 3 aliphatic rings. The molecule has 196 valence electrons. The number of likely N-dealkylation sites (tertiary alicyclic amines) is 1. The molecule has 3 aliphatic heterocycles. The fourth-order valence-electron chi connectivity index (χ4n) is 5.61. The maximum absolute atomic E-state index is 13.8. The van der Waals surface area contributed by atoms with Crippen LogP contribution < -0.4 is 9.77 Å². The van der Waals surface area contributed by atoms with Gasteiger partial charge in [0, 0.05) is 23.9 Å². The van der Waals surface area contributed by atoms with E-state index in [2.05, 4.69) is 0 Å². The Bertz CT molecular complexity index is 1480. The van der Waals surface area contributed by atoms with Crippen molar-refractivity contribution in [1.82, 2.24) is 9.47 Å². The van der Waals surface area contributed by atoms with Gasteiger partial charge in [0.15, 0.2) is 0 Å². The zero-order valence-corrected chi connectivity index (χ0v) is 22.4. The summed E-state index contributed by atoms with van der Waals surface area (Å²) in [6.45, 7) is 3.18. The summed E-state index contributed by atoms with van der Waals surface area (Å²) in [6.07, 6.45) is 2.97. The molecular weight excluding hydrogens is 525 g/mol. The van der Waals surface area contributed by atoms with E-state index in [-0.39, 0.29) is 29.1 Å². The molecule has 6 rings (SSSR count). The van der Waals surface area contributed by atoms with Crippen molar-refractivity contribution in [2.75, 3.05) is 18.0 Å². The van der Waals surface area contributed by atoms with Crippen molar-refractivity contribution in [1.29, 1.82) is 0 Å². The summed E-state index contributed by atoms with van der Waals surface area (Å²) in [4.78, 5) is 57.3. The fraction of sp³-hybridized carbons (Fsp3) is 0.357. The topological polar surface area (TPSA) is 79.7 Å². The van der Waals surface area contributed by atoms with Crippen molar-refractivity contribution in [3.63, 3.8) is 0 Å². The van der Waals surface area contributed by atoms with Crippen LogP contribution in [0.5, 0.6) is 0 Å². The maximum Gasteiger partial charge on any atom is 0.308 e. The lowest BCUT2D eigenvalue weighted by Gasteiger charge is -2.31. The highest BCUT2D eigenvalue weighted by Gasteiger charge is 2.56. The van der Waals surface area contributed by atoms with Crippen LogP contribution in [0.3, 0.4) is 0 Å². The van der Waals surface area contributed by atoms with Gasteiger partial charge in [-0.3, -0.25) is 23.7 Å². The van der Waals surface area contributed by atoms with E-state index < -0.39 is 22.9 Å². The lowest BCUT2D eigenvalue weighted by atomic mass is 9.83. The van der Waals surface area contributed by atoms with Crippen LogP contribution in [0, 0.1) is 18.7 Å². The first kappa shape index (κ1) is 25.1. The van der Waals surface area contributed by atoms with E-state index in [9.17, 15) is 23.6 Å². The number of aryl methyl sites for hydroxylation is 1. The molecule has 2 aromatic carbocycles. The summed E-state index contributed by atoms with van der Waals surface area (Å²) in [5.41, 5.74) is 2.17. The number of amides is 3. The van der Waals surface area contributed by atoms with Gasteiger partial charge >= 0.3 is 4.87 Å². The zero-order valence-electron chi connectivity index (χ0n) is 20.8. The number of aromatic nitrogens is 1. The van der Waals surface area contributed by atoms with E-state index >= 15 is 0 Å². The van der Waals surface area contributed by atoms with Gasteiger partial charge in [0.2, 0.25) is 17.7 Å². The Hall–Kier alpha value is -3.24. The second kappa shape index (κ2) is 9.81. The van der Waals surface area contributed by atoms with Gasteiger partial charge in [-0.25, -0.2) is 9.29 Å². The maximum atomic E-state index is 13.8. The molecule has 0 bridgehead atoms. The highest BCUT2D eigenvalue weighted by atomic mass is 32.2. The number of rotatable bonds is 4. The van der Waals surface area contributed by atoms with Gasteiger partial charge in [-0.15, -0.1) is 0 Å². The molecule has 0 N–H and O–H groups in total. The highest BCUT2D eigenvalue weighted by Crippen LogP contribution is 2.53. The number of fused-ring (bicyclic) bond motifs is 2. The molecule has 3 atom stereocenters. The molecule has 3 amide bonds. The second-order valence-electron chi connectivity index (χ2n) is 10.0. The minimum Gasteiger partial charge on any atom is -0.341 e. The van der Waals surface area contributed by atoms with Crippen LogP contribution in [-0.4, -0.2) is 45.5 Å². The monoisotopic (exact) mass is 551 g/mol. The van der Waals surface area contributed by atoms with Gasteiger partial charge in [0.1, 0.15) is 17.6 Å². The van der Waals surface area contributed by atoms with Crippen LogP contribution in [0.4, 0.5) is 10.1 Å². The minimum atomic E-state index is -0.767. The quantitative estimate of drug-likeness (QED) is 0.455. The summed E-state index contributed by atoms with van der Waals surface area (Å²) in [5.74, 6) is -2.58. The van der Waals surface area contributed by atoms with Gasteiger partial charge in [0.05, 0.1) is 16.6 Å². The third-order valence-electron chi connectivity index (χ3n) is 7.57. The smallest absolute Gasteiger partial charge is 0.308 e. The Morgan fingerprint density at radius 2 is 1.63 bits per heavy atom. The van der Waals surface area contributed by atoms with E-state index in [1.54, 1.807) is 29.2 Å². The predicted molar refractivity (Wildman–Crippen MR) is 144 cm³/mol. The molecular formula is C28H26FN3O4S2. The largest absolute Gasteiger partial charge is 0.341 e. The number of anilines is 1. The first-order valence-corrected chi connectivity index (χ1v) is 14.4. The summed E-state index contributed by atoms with van der Waals surface area (Å²) in [6, 6.07) is 13.1. The number of thioether (sulfide) groups is 1. The Kier molecular flexibility index (Phi) is 6.47. The molecule has 2 saturated heterocycles. The van der Waals surface area contributed by atoms with Gasteiger partial charge in [-0.05, 0) is 56.0 Å². The molecule has 4 heterocycles. The molecule has 38 heavy (non-hydrogen) atoms. The molecule has 0 radical (unpaired) electrons. The molecule has 10 heteroatoms. The zero-order chi connectivity index (χ0) is 26.6. The lowest BCUT2D eigenvalue weighted by molar-refractivity contribution is -0.133. The van der Waals surface area contributed by atoms with Crippen LogP contribution in [0.25, 0.3) is 0 Å². The summed E-state index contributed by atoms with van der Waals surface area (Å²) in [5, 5.41) is -0.218. The Morgan fingerprint density at radius 3 is 2.32 bits per heavy atom. The standard InChI is InChI=1S/C28H26FN3O4S2/c1-16-5-11-19(12-6-16)32-25(34)22-21(17-7-9-18(29)10-8-17)24-27(37-23(22)26(32)35)31(28(36)38-24)15-20(33)30-13-3-2-4-14-30/h5-12,21-23H,2-4,13-15H2,1H3/t21-,22?,23?/m1/s1. The Morgan fingerprint density at radius 1 is 0.947 bits per heavy atom. The fourth-order valence-corrected chi connectivity index (χ4v) is 8.38. The number of hydrogen-bond acceptors (Lipinski definition) is 6. The SMILES string of the molecule is Cc1ccc(N2C(=O)C3Sc4c(sc(=O)n4CC(=O)N4CCCCC4)[C@H](c4ccc(F)cc4)C3C2=O)cc1. The number of imide groups is 1. The number of carbonyl (C=O) groups excluding carboxylic acids is 3. The van der Waals surface area contributed by atoms with Crippen LogP contribution in [0.1, 0.15) is 41.2 Å². The first-order chi connectivity index (χ1) is 18.3. The van der Waals surface area contributed by atoms with Crippen molar-refractivity contribution in [3.05, 3.63) is 80.0 Å². The van der Waals surface area contributed by atoms with Crippen molar-refractivity contribution < 1.29 is 18.8 Å². The van der Waals surface area contributed by atoms with E-state index in [4.69, 9.17) is 0 Å². The van der Waals surface area contributed by atoms with E-state index in [1.807, 2.05) is 19.1 Å². The Labute approximate surface area is 227 Å². The lowest BCUT2D eigenvalue weighted by Crippen LogP contribution is -2.39. The molecule has 0 aliphatic carbocycles. The van der Waals surface area contributed by atoms with Crippen LogP contribution in [0.2, 0.25) is 0 Å². The Balaban J connectivity index is 1.43. The summed E-state index contributed by atoms with van der Waals surface area (Å²) in [7, 11) is 0. The number of halogens is 1.